The molecule has 1 unspecified atom stereocenters. The van der Waals surface area contributed by atoms with Gasteiger partial charge in [0, 0.05) is 6.42 Å². The Bertz CT molecular complexity index is 347. The van der Waals surface area contributed by atoms with Crippen molar-refractivity contribution >= 4 is 23.2 Å². The molecule has 0 bridgehead atoms. The van der Waals surface area contributed by atoms with Crippen LogP contribution in [0.25, 0.3) is 0 Å². The van der Waals surface area contributed by atoms with Gasteiger partial charge in [-0.1, -0.05) is 6.07 Å². The maximum Gasteiger partial charge on any atom is 0.328 e. The summed E-state index contributed by atoms with van der Waals surface area (Å²) in [6.07, 6.45) is 0.565. The van der Waals surface area contributed by atoms with Gasteiger partial charge in [-0.25, -0.2) is 4.79 Å². The zero-order valence-electron chi connectivity index (χ0n) is 7.36. The van der Waals surface area contributed by atoms with Crippen LogP contribution in [0.5, 0.6) is 0 Å². The number of esters is 1. The number of carbonyl (C=O) groups is 2. The zero-order valence-corrected chi connectivity index (χ0v) is 8.17. The fraction of sp³-hybridized carbons (Fsp3) is 0.333. The van der Waals surface area contributed by atoms with Crippen LogP contribution in [-0.2, 0) is 9.53 Å². The molecule has 0 radical (unpaired) electrons. The van der Waals surface area contributed by atoms with Gasteiger partial charge in [-0.05, 0) is 11.4 Å². The van der Waals surface area contributed by atoms with E-state index in [1.54, 1.807) is 12.1 Å². The predicted octanol–water partition coefficient (Wildman–Crippen LogP) is 0.793. The van der Waals surface area contributed by atoms with E-state index in [4.69, 9.17) is 4.74 Å². The minimum absolute atomic E-state index is 0.205. The minimum Gasteiger partial charge on any atom is -0.464 e. The highest BCUT2D eigenvalue weighted by atomic mass is 32.1. The fourth-order valence-corrected chi connectivity index (χ4v) is 1.89. The molecule has 0 aliphatic carbocycles. The average molecular weight is 211 g/mol. The number of rotatable bonds is 2. The van der Waals surface area contributed by atoms with Crippen LogP contribution >= 0.6 is 11.3 Å². The zero-order chi connectivity index (χ0) is 9.97. The van der Waals surface area contributed by atoms with Crippen molar-refractivity contribution in [2.75, 3.05) is 6.61 Å². The molecule has 1 aliphatic heterocycles. The van der Waals surface area contributed by atoms with Crippen molar-refractivity contribution in [3.63, 3.8) is 0 Å². The molecule has 5 heteroatoms. The van der Waals surface area contributed by atoms with Crippen LogP contribution in [0.3, 0.4) is 0 Å². The average Bonchev–Trinajstić information content (AvgIpc) is 2.77. The summed E-state index contributed by atoms with van der Waals surface area (Å²) in [5.74, 6) is -0.543. The second-order valence-corrected chi connectivity index (χ2v) is 3.91. The lowest BCUT2D eigenvalue weighted by Gasteiger charge is -2.06. The molecule has 1 fully saturated rings. The quantitative estimate of drug-likeness (QED) is 0.736. The molecule has 1 aromatic heterocycles. The summed E-state index contributed by atoms with van der Waals surface area (Å²) in [6, 6.07) is 3.05. The highest BCUT2D eigenvalue weighted by molar-refractivity contribution is 7.12. The Morgan fingerprint density at radius 2 is 2.50 bits per heavy atom. The Morgan fingerprint density at radius 1 is 1.64 bits per heavy atom. The van der Waals surface area contributed by atoms with Gasteiger partial charge in [0.2, 0.25) is 0 Å². The van der Waals surface area contributed by atoms with Gasteiger partial charge in [0.25, 0.3) is 5.91 Å². The largest absolute Gasteiger partial charge is 0.464 e. The van der Waals surface area contributed by atoms with Crippen molar-refractivity contribution in [3.8, 4) is 0 Å². The first-order valence-corrected chi connectivity index (χ1v) is 5.16. The van der Waals surface area contributed by atoms with E-state index >= 15 is 0 Å². The standard InChI is InChI=1S/C9H9NO3S/c11-8(7-2-1-5-14-7)10-6-3-4-13-9(6)12/h1-2,5-6H,3-4H2,(H,10,11). The van der Waals surface area contributed by atoms with Crippen molar-refractivity contribution in [1.29, 1.82) is 0 Å². The summed E-state index contributed by atoms with van der Waals surface area (Å²) in [5.41, 5.74) is 0. The number of cyclic esters (lactones) is 1. The highest BCUT2D eigenvalue weighted by Gasteiger charge is 2.28. The van der Waals surface area contributed by atoms with Crippen LogP contribution in [0.4, 0.5) is 0 Å². The first-order chi connectivity index (χ1) is 6.77. The van der Waals surface area contributed by atoms with E-state index in [1.807, 2.05) is 5.38 Å². The summed E-state index contributed by atoms with van der Waals surface area (Å²) in [7, 11) is 0. The molecule has 0 saturated carbocycles. The Morgan fingerprint density at radius 3 is 3.07 bits per heavy atom. The van der Waals surface area contributed by atoms with Crippen LogP contribution < -0.4 is 5.32 Å². The molecule has 2 rings (SSSR count). The Kier molecular flexibility index (Phi) is 2.49. The van der Waals surface area contributed by atoms with Crippen LogP contribution in [0.1, 0.15) is 16.1 Å². The number of amides is 1. The van der Waals surface area contributed by atoms with Crippen molar-refractivity contribution in [3.05, 3.63) is 22.4 Å². The lowest BCUT2D eigenvalue weighted by molar-refractivity contribution is -0.139. The van der Waals surface area contributed by atoms with E-state index in [0.29, 0.717) is 17.9 Å². The molecule has 1 aromatic rings. The van der Waals surface area contributed by atoms with E-state index in [9.17, 15) is 9.59 Å². The topological polar surface area (TPSA) is 55.4 Å². The molecule has 2 heterocycles. The SMILES string of the molecule is O=C(NC1CCOC1=O)c1cccs1. The molecule has 0 aromatic carbocycles. The summed E-state index contributed by atoms with van der Waals surface area (Å²) in [6.45, 7) is 0.397. The van der Waals surface area contributed by atoms with E-state index in [-0.39, 0.29) is 11.9 Å². The molecule has 1 aliphatic rings. The fourth-order valence-electron chi connectivity index (χ4n) is 1.26. The molecule has 1 N–H and O–H groups in total. The summed E-state index contributed by atoms with van der Waals surface area (Å²) in [4.78, 5) is 23.2. The van der Waals surface area contributed by atoms with E-state index in [0.717, 1.165) is 0 Å². The molecule has 0 spiro atoms. The highest BCUT2D eigenvalue weighted by Crippen LogP contribution is 2.11. The molecule has 74 valence electrons. The number of carbonyl (C=O) groups excluding carboxylic acids is 2. The summed E-state index contributed by atoms with van der Waals surface area (Å²) >= 11 is 1.35. The number of hydrogen-bond donors (Lipinski definition) is 1. The number of ether oxygens (including phenoxy) is 1. The van der Waals surface area contributed by atoms with Crippen molar-refractivity contribution < 1.29 is 14.3 Å². The summed E-state index contributed by atoms with van der Waals surface area (Å²) < 4.78 is 4.73. The maximum atomic E-state index is 11.5. The van der Waals surface area contributed by atoms with Crippen LogP contribution in [0.2, 0.25) is 0 Å². The second-order valence-electron chi connectivity index (χ2n) is 2.96. The van der Waals surface area contributed by atoms with Gasteiger partial charge in [0.05, 0.1) is 11.5 Å². The number of hydrogen-bond acceptors (Lipinski definition) is 4. The molecule has 1 atom stereocenters. The normalized spacial score (nSPS) is 20.6. The van der Waals surface area contributed by atoms with Gasteiger partial charge in [-0.15, -0.1) is 11.3 Å². The number of thiophene rings is 1. The minimum atomic E-state index is -0.468. The van der Waals surface area contributed by atoms with E-state index < -0.39 is 6.04 Å². The summed E-state index contributed by atoms with van der Waals surface area (Å²) in [5, 5.41) is 4.45. The molecule has 1 saturated heterocycles. The third kappa shape index (κ3) is 1.77. The van der Waals surface area contributed by atoms with Gasteiger partial charge in [-0.2, -0.15) is 0 Å². The molecule has 1 amide bonds. The molecule has 14 heavy (non-hydrogen) atoms. The van der Waals surface area contributed by atoms with Gasteiger partial charge >= 0.3 is 5.97 Å². The van der Waals surface area contributed by atoms with Crippen molar-refractivity contribution in [1.82, 2.24) is 5.32 Å². The van der Waals surface area contributed by atoms with Gasteiger partial charge < -0.3 is 10.1 Å². The van der Waals surface area contributed by atoms with E-state index in [1.165, 1.54) is 11.3 Å². The monoisotopic (exact) mass is 211 g/mol. The lowest BCUT2D eigenvalue weighted by atomic mass is 10.2. The Hall–Kier alpha value is -1.36. The Labute approximate surface area is 84.9 Å². The van der Waals surface area contributed by atoms with E-state index in [2.05, 4.69) is 5.32 Å². The molecular formula is C9H9NO3S. The molecular weight excluding hydrogens is 202 g/mol. The van der Waals surface area contributed by atoms with Gasteiger partial charge in [-0.3, -0.25) is 4.79 Å². The first kappa shape index (κ1) is 9.21. The maximum absolute atomic E-state index is 11.5. The van der Waals surface area contributed by atoms with Gasteiger partial charge in [0.15, 0.2) is 0 Å². The van der Waals surface area contributed by atoms with Crippen molar-refractivity contribution in [2.24, 2.45) is 0 Å². The Balaban J connectivity index is 1.98. The van der Waals surface area contributed by atoms with Crippen LogP contribution in [0.15, 0.2) is 17.5 Å². The number of nitrogens with one attached hydrogen (secondary N) is 1. The third-order valence-electron chi connectivity index (χ3n) is 1.99. The van der Waals surface area contributed by atoms with Crippen molar-refractivity contribution in [2.45, 2.75) is 12.5 Å². The predicted molar refractivity (Wildman–Crippen MR) is 51.1 cm³/mol. The first-order valence-electron chi connectivity index (χ1n) is 4.28. The van der Waals surface area contributed by atoms with Gasteiger partial charge in [0.1, 0.15) is 6.04 Å². The molecule has 4 nitrogen and oxygen atoms in total. The third-order valence-corrected chi connectivity index (χ3v) is 2.85. The smallest absolute Gasteiger partial charge is 0.328 e. The lowest BCUT2D eigenvalue weighted by Crippen LogP contribution is -2.37. The second kappa shape index (κ2) is 3.79. The van der Waals surface area contributed by atoms with Crippen LogP contribution in [0, 0.1) is 0 Å². The van der Waals surface area contributed by atoms with Crippen LogP contribution in [-0.4, -0.2) is 24.5 Å².